The van der Waals surface area contributed by atoms with Gasteiger partial charge in [0.1, 0.15) is 5.82 Å². The van der Waals surface area contributed by atoms with Crippen molar-refractivity contribution in [3.05, 3.63) is 39.6 Å². The molecule has 16 heavy (non-hydrogen) atoms. The van der Waals surface area contributed by atoms with Crippen molar-refractivity contribution >= 4 is 12.2 Å². The van der Waals surface area contributed by atoms with Crippen molar-refractivity contribution in [1.29, 1.82) is 0 Å². The Morgan fingerprint density at radius 2 is 2.25 bits per heavy atom. The Balaban J connectivity index is 3.29. The lowest BCUT2D eigenvalue weighted by molar-refractivity contribution is 0.640. The first-order valence-electron chi connectivity index (χ1n) is 4.70. The molecule has 6 heteroatoms. The van der Waals surface area contributed by atoms with Crippen molar-refractivity contribution in [2.75, 3.05) is 14.1 Å². The molecule has 0 bridgehead atoms. The summed E-state index contributed by atoms with van der Waals surface area (Å²) in [6.07, 6.45) is 3.09. The Hall–Kier alpha value is -2.11. The predicted molar refractivity (Wildman–Crippen MR) is 63.4 cm³/mol. The first kappa shape index (κ1) is 12.0. The van der Waals surface area contributed by atoms with Gasteiger partial charge >= 0.3 is 5.69 Å². The quantitative estimate of drug-likeness (QED) is 0.441. The summed E-state index contributed by atoms with van der Waals surface area (Å²) in [4.78, 5) is 30.5. The molecule has 0 spiro atoms. The van der Waals surface area contributed by atoms with Gasteiger partial charge in [-0.3, -0.25) is 14.3 Å². The summed E-state index contributed by atoms with van der Waals surface area (Å²) in [5.41, 5.74) is -0.950. The molecule has 1 heterocycles. The predicted octanol–water partition coefficient (Wildman–Crippen LogP) is -0.0560. The van der Waals surface area contributed by atoms with Gasteiger partial charge in [0.05, 0.1) is 6.34 Å². The molecule has 1 N–H and O–H groups in total. The maximum atomic E-state index is 11.5. The summed E-state index contributed by atoms with van der Waals surface area (Å²) in [7, 11) is 3.60. The molecule has 0 unspecified atom stereocenters. The maximum Gasteiger partial charge on any atom is 0.330 e. The van der Waals surface area contributed by atoms with Gasteiger partial charge in [-0.1, -0.05) is 6.08 Å². The normalized spacial score (nSPS) is 10.6. The van der Waals surface area contributed by atoms with Gasteiger partial charge in [0.25, 0.3) is 5.56 Å². The topological polar surface area (TPSA) is 70.5 Å². The molecule has 0 aliphatic carbocycles. The number of aromatic amines is 1. The highest BCUT2D eigenvalue weighted by Crippen LogP contribution is 2.04. The maximum absolute atomic E-state index is 11.5. The fourth-order valence-corrected chi connectivity index (χ4v) is 1.10. The van der Waals surface area contributed by atoms with Crippen LogP contribution < -0.4 is 11.2 Å². The van der Waals surface area contributed by atoms with Crippen LogP contribution in [0, 0.1) is 0 Å². The van der Waals surface area contributed by atoms with Crippen LogP contribution in [0.5, 0.6) is 0 Å². The molecule has 1 aromatic rings. The van der Waals surface area contributed by atoms with Crippen molar-refractivity contribution in [3.8, 4) is 0 Å². The van der Waals surface area contributed by atoms with E-state index in [1.807, 2.05) is 0 Å². The minimum Gasteiger partial charge on any atom is -0.369 e. The van der Waals surface area contributed by atoms with Gasteiger partial charge in [-0.05, 0) is 0 Å². The number of aliphatic imine (C=N–C) groups is 1. The summed E-state index contributed by atoms with van der Waals surface area (Å²) in [6.45, 7) is 3.84. The Labute approximate surface area is 92.6 Å². The van der Waals surface area contributed by atoms with E-state index in [1.165, 1.54) is 17.0 Å². The van der Waals surface area contributed by atoms with Gasteiger partial charge in [0.2, 0.25) is 0 Å². The fourth-order valence-electron chi connectivity index (χ4n) is 1.10. The van der Waals surface area contributed by atoms with Crippen LogP contribution in [0.25, 0.3) is 0 Å². The largest absolute Gasteiger partial charge is 0.369 e. The molecule has 6 nitrogen and oxygen atoms in total. The molecule has 1 aromatic heterocycles. The van der Waals surface area contributed by atoms with E-state index in [-0.39, 0.29) is 0 Å². The third-order valence-electron chi connectivity index (χ3n) is 1.74. The Kier molecular flexibility index (Phi) is 3.82. The highest BCUT2D eigenvalue weighted by Gasteiger charge is 2.02. The van der Waals surface area contributed by atoms with Crippen LogP contribution in [0.2, 0.25) is 0 Å². The van der Waals surface area contributed by atoms with Crippen LogP contribution in [0.3, 0.4) is 0 Å². The highest BCUT2D eigenvalue weighted by molar-refractivity contribution is 5.58. The van der Waals surface area contributed by atoms with Crippen LogP contribution in [0.4, 0.5) is 5.82 Å². The smallest absolute Gasteiger partial charge is 0.330 e. The number of aromatic nitrogens is 2. The molecule has 0 saturated carbocycles. The summed E-state index contributed by atoms with van der Waals surface area (Å²) in [5, 5.41) is 0. The van der Waals surface area contributed by atoms with Crippen LogP contribution >= 0.6 is 0 Å². The number of H-pyrrole nitrogens is 1. The number of hydrogen-bond acceptors (Lipinski definition) is 3. The van der Waals surface area contributed by atoms with Gasteiger partial charge in [0, 0.05) is 26.7 Å². The summed E-state index contributed by atoms with van der Waals surface area (Å²) in [5.74, 6) is 0.308. The van der Waals surface area contributed by atoms with E-state index in [0.717, 1.165) is 0 Å². The molecule has 0 aromatic carbocycles. The number of allylic oxidation sites excluding steroid dienone is 1. The third-order valence-corrected chi connectivity index (χ3v) is 1.74. The molecule has 0 saturated heterocycles. The molecule has 0 aliphatic heterocycles. The van der Waals surface area contributed by atoms with Gasteiger partial charge in [-0.2, -0.15) is 0 Å². The molecule has 0 atom stereocenters. The van der Waals surface area contributed by atoms with Crippen molar-refractivity contribution in [1.82, 2.24) is 14.5 Å². The Bertz CT molecular complexity index is 510. The second-order valence-electron chi connectivity index (χ2n) is 3.40. The second kappa shape index (κ2) is 5.11. The Morgan fingerprint density at radius 3 is 2.81 bits per heavy atom. The summed E-state index contributed by atoms with van der Waals surface area (Å²) in [6, 6.07) is 1.27. The first-order chi connectivity index (χ1) is 7.54. The molecule has 86 valence electrons. The molecular weight excluding hydrogens is 208 g/mol. The van der Waals surface area contributed by atoms with Crippen molar-refractivity contribution < 1.29 is 0 Å². The van der Waals surface area contributed by atoms with E-state index < -0.39 is 11.2 Å². The van der Waals surface area contributed by atoms with Gasteiger partial charge < -0.3 is 4.90 Å². The third kappa shape index (κ3) is 2.94. The van der Waals surface area contributed by atoms with E-state index in [4.69, 9.17) is 0 Å². The zero-order valence-electron chi connectivity index (χ0n) is 9.30. The van der Waals surface area contributed by atoms with Crippen LogP contribution in [-0.2, 0) is 6.54 Å². The zero-order chi connectivity index (χ0) is 12.1. The van der Waals surface area contributed by atoms with Crippen molar-refractivity contribution in [2.24, 2.45) is 4.99 Å². The lowest BCUT2D eigenvalue weighted by Gasteiger charge is -2.07. The standard InChI is InChI=1S/C10H14N4O2/c1-4-5-14-8(11-7-13(2)3)6-9(15)12-10(14)16/h4,6-7H,1,5H2,2-3H3,(H,12,15,16). The summed E-state index contributed by atoms with van der Waals surface area (Å²) < 4.78 is 1.33. The van der Waals surface area contributed by atoms with E-state index in [9.17, 15) is 9.59 Å². The molecular formula is C10H14N4O2. The number of nitrogens with one attached hydrogen (secondary N) is 1. The van der Waals surface area contributed by atoms with E-state index in [1.54, 1.807) is 25.1 Å². The monoisotopic (exact) mass is 222 g/mol. The molecule has 0 radical (unpaired) electrons. The minimum absolute atomic E-state index is 0.301. The number of rotatable bonds is 4. The van der Waals surface area contributed by atoms with Crippen molar-refractivity contribution in [2.45, 2.75) is 6.54 Å². The van der Waals surface area contributed by atoms with Crippen molar-refractivity contribution in [3.63, 3.8) is 0 Å². The Morgan fingerprint density at radius 1 is 1.56 bits per heavy atom. The lowest BCUT2D eigenvalue weighted by Crippen LogP contribution is -2.29. The fraction of sp³-hybridized carbons (Fsp3) is 0.300. The average molecular weight is 222 g/mol. The lowest BCUT2D eigenvalue weighted by atomic mass is 10.5. The van der Waals surface area contributed by atoms with E-state index in [0.29, 0.717) is 12.4 Å². The second-order valence-corrected chi connectivity index (χ2v) is 3.40. The summed E-state index contributed by atoms with van der Waals surface area (Å²) >= 11 is 0. The molecule has 1 rings (SSSR count). The number of hydrogen-bond donors (Lipinski definition) is 1. The minimum atomic E-state index is -0.488. The van der Waals surface area contributed by atoms with Crippen LogP contribution in [0.1, 0.15) is 0 Å². The van der Waals surface area contributed by atoms with Gasteiger partial charge in [-0.15, -0.1) is 6.58 Å². The van der Waals surface area contributed by atoms with Crippen LogP contribution in [0.15, 0.2) is 33.3 Å². The van der Waals surface area contributed by atoms with Gasteiger partial charge in [-0.25, -0.2) is 9.79 Å². The first-order valence-corrected chi connectivity index (χ1v) is 4.70. The van der Waals surface area contributed by atoms with Crippen LogP contribution in [-0.4, -0.2) is 34.9 Å². The molecule has 0 amide bonds. The average Bonchev–Trinajstić information content (AvgIpc) is 2.19. The molecule has 0 aliphatic rings. The molecule has 0 fully saturated rings. The van der Waals surface area contributed by atoms with E-state index in [2.05, 4.69) is 16.6 Å². The van der Waals surface area contributed by atoms with Gasteiger partial charge in [0.15, 0.2) is 0 Å². The zero-order valence-corrected chi connectivity index (χ0v) is 9.30. The number of nitrogens with zero attached hydrogens (tertiary/aromatic N) is 3. The highest BCUT2D eigenvalue weighted by atomic mass is 16.2. The van der Waals surface area contributed by atoms with E-state index >= 15 is 0 Å². The SMILES string of the molecule is C=CCn1c(N=CN(C)C)cc(=O)[nH]c1=O.